The van der Waals surface area contributed by atoms with Crippen LogP contribution in [0.2, 0.25) is 5.02 Å². The lowest BCUT2D eigenvalue weighted by Gasteiger charge is -2.13. The van der Waals surface area contributed by atoms with Gasteiger partial charge in [0.25, 0.3) is 5.56 Å². The van der Waals surface area contributed by atoms with E-state index < -0.39 is 39.7 Å². The molecule has 0 atom stereocenters. The van der Waals surface area contributed by atoms with Crippen molar-refractivity contribution >= 4 is 29.3 Å². The number of aromatic amines is 1. The molecule has 0 bridgehead atoms. The summed E-state index contributed by atoms with van der Waals surface area (Å²) < 4.78 is 62.7. The lowest BCUT2D eigenvalue weighted by molar-refractivity contribution is -0.141. The summed E-state index contributed by atoms with van der Waals surface area (Å²) in [5.74, 6) is -1.37. The van der Waals surface area contributed by atoms with Crippen LogP contribution in [0.1, 0.15) is 5.69 Å². The van der Waals surface area contributed by atoms with E-state index in [2.05, 4.69) is 12.6 Å². The second kappa shape index (κ2) is 8.74. The summed E-state index contributed by atoms with van der Waals surface area (Å²) in [7, 11) is 1.24. The number of nitrogens with zero attached hydrogens (tertiary/aromatic N) is 1. The first-order chi connectivity index (χ1) is 13.4. The van der Waals surface area contributed by atoms with Crippen molar-refractivity contribution in [1.29, 1.82) is 0 Å². The van der Waals surface area contributed by atoms with Gasteiger partial charge in [-0.25, -0.2) is 13.8 Å². The first-order valence-electron chi connectivity index (χ1n) is 7.47. The molecule has 2 aromatic rings. The molecule has 0 aliphatic rings. The Balaban J connectivity index is 2.51. The van der Waals surface area contributed by atoms with E-state index in [0.29, 0.717) is 6.07 Å². The topological polar surface area (TPSA) is 90.4 Å². The molecule has 156 valence electrons. The Labute approximate surface area is 169 Å². The highest BCUT2D eigenvalue weighted by Gasteiger charge is 2.33. The highest BCUT2D eigenvalue weighted by Crippen LogP contribution is 2.30. The van der Waals surface area contributed by atoms with E-state index in [4.69, 9.17) is 21.1 Å². The Morgan fingerprint density at radius 2 is 1.97 bits per heavy atom. The zero-order valence-corrected chi connectivity index (χ0v) is 16.0. The van der Waals surface area contributed by atoms with Gasteiger partial charge in [0.15, 0.2) is 0 Å². The molecule has 13 heteroatoms. The molecule has 0 aliphatic carbocycles. The molecular formula is C16H11ClF4N2O5S. The van der Waals surface area contributed by atoms with Crippen LogP contribution in [0.25, 0.3) is 5.69 Å². The van der Waals surface area contributed by atoms with Crippen LogP contribution in [-0.2, 0) is 15.7 Å². The van der Waals surface area contributed by atoms with E-state index in [0.717, 1.165) is 12.1 Å². The van der Waals surface area contributed by atoms with Crippen molar-refractivity contribution in [3.05, 3.63) is 67.4 Å². The fourth-order valence-electron chi connectivity index (χ4n) is 2.12. The van der Waals surface area contributed by atoms with Gasteiger partial charge in [-0.3, -0.25) is 9.59 Å². The quantitative estimate of drug-likeness (QED) is 0.303. The van der Waals surface area contributed by atoms with Gasteiger partial charge in [-0.15, -0.1) is 12.6 Å². The predicted molar refractivity (Wildman–Crippen MR) is 97.2 cm³/mol. The van der Waals surface area contributed by atoms with Gasteiger partial charge in [0, 0.05) is 18.2 Å². The van der Waals surface area contributed by atoms with Gasteiger partial charge in [0.2, 0.25) is 5.12 Å². The first kappa shape index (κ1) is 22.6. The van der Waals surface area contributed by atoms with Gasteiger partial charge >= 0.3 is 11.9 Å². The molecular weight excluding hydrogens is 444 g/mol. The summed E-state index contributed by atoms with van der Waals surface area (Å²) in [6.07, 6.45) is -3.98. The van der Waals surface area contributed by atoms with Crippen molar-refractivity contribution in [3.63, 3.8) is 0 Å². The first-order valence-corrected chi connectivity index (χ1v) is 8.30. The summed E-state index contributed by atoms with van der Waals surface area (Å²) in [6.45, 7) is -0.355. The molecule has 1 N–H and O–H groups in total. The van der Waals surface area contributed by atoms with Crippen molar-refractivity contribution in [2.75, 3.05) is 13.7 Å². The molecule has 0 saturated carbocycles. The van der Waals surface area contributed by atoms with Gasteiger partial charge in [-0.1, -0.05) is 11.6 Å². The fraction of sp³-hybridized carbons (Fsp3) is 0.188. The van der Waals surface area contributed by atoms with E-state index >= 15 is 0 Å². The zero-order chi connectivity index (χ0) is 21.9. The number of rotatable bonds is 6. The molecule has 0 aliphatic heterocycles. The fourth-order valence-corrected chi connectivity index (χ4v) is 2.47. The minimum absolute atomic E-state index is 0.0245. The van der Waals surface area contributed by atoms with Crippen molar-refractivity contribution in [2.45, 2.75) is 6.18 Å². The van der Waals surface area contributed by atoms with Crippen LogP contribution in [-0.4, -0.2) is 28.4 Å². The highest BCUT2D eigenvalue weighted by molar-refractivity contribution is 7.97. The van der Waals surface area contributed by atoms with Crippen molar-refractivity contribution < 1.29 is 31.8 Å². The molecule has 0 spiro atoms. The van der Waals surface area contributed by atoms with E-state index in [1.807, 2.05) is 0 Å². The normalized spacial score (nSPS) is 12.0. The van der Waals surface area contributed by atoms with Crippen molar-refractivity contribution in [3.8, 4) is 11.4 Å². The minimum atomic E-state index is -4.97. The number of hydrogen-bond donors (Lipinski definition) is 2. The molecule has 1 heterocycles. The third-order valence-corrected chi connectivity index (χ3v) is 3.82. The summed E-state index contributed by atoms with van der Waals surface area (Å²) in [4.78, 5) is 36.4. The summed E-state index contributed by atoms with van der Waals surface area (Å²) in [5, 5.41) is -0.908. The maximum atomic E-state index is 14.3. The van der Waals surface area contributed by atoms with E-state index in [1.54, 1.807) is 0 Å². The van der Waals surface area contributed by atoms with Crippen LogP contribution >= 0.6 is 24.2 Å². The number of thiol groups is 1. The van der Waals surface area contributed by atoms with Crippen LogP contribution in [0.3, 0.4) is 0 Å². The zero-order valence-electron chi connectivity index (χ0n) is 14.3. The number of nitrogens with one attached hydrogen (secondary N) is 1. The molecule has 1 aromatic heterocycles. The molecule has 0 amide bonds. The number of alkyl halides is 3. The Morgan fingerprint density at radius 3 is 2.48 bits per heavy atom. The van der Waals surface area contributed by atoms with Crippen LogP contribution < -0.4 is 16.0 Å². The monoisotopic (exact) mass is 454 g/mol. The van der Waals surface area contributed by atoms with Gasteiger partial charge in [-0.05, 0) is 6.07 Å². The maximum absolute atomic E-state index is 14.3. The smallest absolute Gasteiger partial charge is 0.431 e. The summed E-state index contributed by atoms with van der Waals surface area (Å²) in [6, 6.07) is 1.66. The Hall–Kier alpha value is -2.73. The maximum Gasteiger partial charge on any atom is 0.431 e. The number of carbonyl (C=O) groups is 1. The van der Waals surface area contributed by atoms with Crippen LogP contribution in [0.4, 0.5) is 17.6 Å². The molecule has 0 saturated heterocycles. The van der Waals surface area contributed by atoms with Gasteiger partial charge in [0.05, 0.1) is 17.8 Å². The van der Waals surface area contributed by atoms with Gasteiger partial charge in [-0.2, -0.15) is 13.2 Å². The second-order valence-electron chi connectivity index (χ2n) is 5.34. The van der Waals surface area contributed by atoms with Crippen LogP contribution in [0, 0.1) is 5.82 Å². The third kappa shape index (κ3) is 5.41. The number of carbonyl (C=O) groups excluding carboxylic acids is 1. The Kier molecular flexibility index (Phi) is 6.80. The second-order valence-corrected chi connectivity index (χ2v) is 6.18. The molecule has 0 fully saturated rings. The number of benzene rings is 1. The van der Waals surface area contributed by atoms with Gasteiger partial charge in [0.1, 0.15) is 29.6 Å². The Morgan fingerprint density at radius 1 is 1.31 bits per heavy atom. The molecule has 2 rings (SSSR count). The van der Waals surface area contributed by atoms with Crippen molar-refractivity contribution in [1.82, 2.24) is 9.55 Å². The summed E-state index contributed by atoms with van der Waals surface area (Å²) >= 11 is 9.39. The lowest BCUT2D eigenvalue weighted by atomic mass is 10.2. The average Bonchev–Trinajstić information content (AvgIpc) is 2.59. The van der Waals surface area contributed by atoms with Crippen LogP contribution in [0.15, 0.2) is 39.6 Å². The van der Waals surface area contributed by atoms with E-state index in [-0.39, 0.29) is 33.8 Å². The lowest BCUT2D eigenvalue weighted by Crippen LogP contribution is -2.36. The predicted octanol–water partition coefficient (Wildman–Crippen LogP) is 2.70. The number of H-pyrrole nitrogens is 1. The number of methoxy groups -OCH3 is 1. The minimum Gasteiger partial charge on any atom is -0.497 e. The number of aromatic nitrogens is 2. The number of hydrogen-bond acceptors (Lipinski definition) is 5. The molecule has 1 aromatic carbocycles. The number of ether oxygens (including phenoxy) is 2. The highest BCUT2D eigenvalue weighted by atomic mass is 35.5. The molecule has 29 heavy (non-hydrogen) atoms. The SMILES string of the molecule is COC(=CC(=O)S)COc1cc(-n2c(=O)cc(C(F)(F)F)[nH]c2=O)c(F)cc1Cl. The third-order valence-electron chi connectivity index (χ3n) is 3.40. The average molecular weight is 455 g/mol. The van der Waals surface area contributed by atoms with E-state index in [9.17, 15) is 31.9 Å². The molecule has 0 radical (unpaired) electrons. The summed E-state index contributed by atoms with van der Waals surface area (Å²) in [5.41, 5.74) is -5.22. The van der Waals surface area contributed by atoms with Gasteiger partial charge < -0.3 is 14.5 Å². The van der Waals surface area contributed by atoms with Crippen molar-refractivity contribution in [2.24, 2.45) is 0 Å². The van der Waals surface area contributed by atoms with E-state index in [1.165, 1.54) is 12.1 Å². The Bertz CT molecular complexity index is 1060. The largest absolute Gasteiger partial charge is 0.497 e. The number of halogens is 5. The standard InChI is InChI=1S/C16H11ClF4N2O5S/c1-27-7(2-14(25)29)6-28-11-4-10(9(18)3-8(11)17)23-13(24)5-12(16(19,20)21)22-15(23)26/h2-5H,6H2,1H3,(H,22,26)(H,25,29). The molecule has 7 nitrogen and oxygen atoms in total. The van der Waals surface area contributed by atoms with Crippen LogP contribution in [0.5, 0.6) is 5.75 Å². The molecule has 0 unspecified atom stereocenters.